The third kappa shape index (κ3) is 1.84. The van der Waals surface area contributed by atoms with Crippen molar-refractivity contribution in [2.75, 3.05) is 21.1 Å². The zero-order valence-corrected chi connectivity index (χ0v) is 10.3. The first-order valence-electron chi connectivity index (χ1n) is 5.79. The fraction of sp³-hybridized carbons (Fsp3) is 0.667. The molecule has 2 aliphatic carbocycles. The summed E-state index contributed by atoms with van der Waals surface area (Å²) in [6.45, 7) is 0. The molecule has 0 radical (unpaired) electrons. The van der Waals surface area contributed by atoms with Crippen LogP contribution < -0.4 is 0 Å². The fourth-order valence-corrected chi connectivity index (χ4v) is 3.01. The minimum Gasteiger partial charge on any atom is -0.349 e. The molecule has 1 fully saturated rings. The monoisotopic (exact) mass is 238 g/mol. The lowest BCUT2D eigenvalue weighted by molar-refractivity contribution is -0.168. The second-order valence-electron chi connectivity index (χ2n) is 5.09. The minimum atomic E-state index is -0.408. The largest absolute Gasteiger partial charge is 0.349 e. The molecule has 1 saturated carbocycles. The Bertz CT molecular complexity index is 342. The lowest BCUT2D eigenvalue weighted by Gasteiger charge is -2.29. The van der Waals surface area contributed by atoms with E-state index in [0.29, 0.717) is 5.06 Å². The van der Waals surface area contributed by atoms with Crippen LogP contribution >= 0.6 is 0 Å². The molecule has 94 valence electrons. The van der Waals surface area contributed by atoms with Crippen LogP contribution in [-0.2, 0) is 9.59 Å². The van der Waals surface area contributed by atoms with Crippen molar-refractivity contribution in [3.63, 3.8) is 0 Å². The maximum atomic E-state index is 12.1. The van der Waals surface area contributed by atoms with Gasteiger partial charge in [-0.25, -0.2) is 5.06 Å². The SMILES string of the molecule is CN(C)C(=O)[C@@H]1C2C=CC(C2)[C@@H]1C(=O)N(C)O. The maximum absolute atomic E-state index is 12.1. The number of nitrogens with zero attached hydrogens (tertiary/aromatic N) is 2. The highest BCUT2D eigenvalue weighted by atomic mass is 16.5. The smallest absolute Gasteiger partial charge is 0.250 e. The second kappa shape index (κ2) is 4.14. The molecule has 17 heavy (non-hydrogen) atoms. The Balaban J connectivity index is 2.27. The van der Waals surface area contributed by atoms with Crippen molar-refractivity contribution < 1.29 is 14.8 Å². The first-order chi connectivity index (χ1) is 7.93. The Hall–Kier alpha value is -1.36. The van der Waals surface area contributed by atoms with Crippen LogP contribution in [0.3, 0.4) is 0 Å². The summed E-state index contributed by atoms with van der Waals surface area (Å²) in [5.74, 6) is -0.874. The average molecular weight is 238 g/mol. The number of carbonyl (C=O) groups is 2. The molecule has 0 saturated heterocycles. The summed E-state index contributed by atoms with van der Waals surface area (Å²) in [6, 6.07) is 0. The van der Waals surface area contributed by atoms with Gasteiger partial charge in [-0.1, -0.05) is 12.2 Å². The first kappa shape index (κ1) is 12.1. The highest BCUT2D eigenvalue weighted by Crippen LogP contribution is 2.49. The van der Waals surface area contributed by atoms with Gasteiger partial charge in [-0.2, -0.15) is 0 Å². The van der Waals surface area contributed by atoms with Crippen molar-refractivity contribution in [3.8, 4) is 0 Å². The third-order valence-electron chi connectivity index (χ3n) is 3.79. The van der Waals surface area contributed by atoms with E-state index in [1.54, 1.807) is 14.1 Å². The number of hydrogen-bond acceptors (Lipinski definition) is 3. The highest BCUT2D eigenvalue weighted by Gasteiger charge is 2.52. The molecule has 2 unspecified atom stereocenters. The highest BCUT2D eigenvalue weighted by molar-refractivity contribution is 5.89. The van der Waals surface area contributed by atoms with Crippen molar-refractivity contribution >= 4 is 11.8 Å². The molecule has 0 heterocycles. The van der Waals surface area contributed by atoms with Crippen LogP contribution in [0, 0.1) is 23.7 Å². The average Bonchev–Trinajstić information content (AvgIpc) is 2.85. The van der Waals surface area contributed by atoms with Gasteiger partial charge in [0.2, 0.25) is 11.8 Å². The summed E-state index contributed by atoms with van der Waals surface area (Å²) in [7, 11) is 4.71. The van der Waals surface area contributed by atoms with E-state index in [-0.39, 0.29) is 29.6 Å². The molecular weight excluding hydrogens is 220 g/mol. The van der Waals surface area contributed by atoms with Crippen molar-refractivity contribution in [3.05, 3.63) is 12.2 Å². The van der Waals surface area contributed by atoms with E-state index in [2.05, 4.69) is 0 Å². The summed E-state index contributed by atoms with van der Waals surface area (Å²) in [5, 5.41) is 9.89. The van der Waals surface area contributed by atoms with Crippen LogP contribution in [0.2, 0.25) is 0 Å². The maximum Gasteiger partial charge on any atom is 0.250 e. The van der Waals surface area contributed by atoms with E-state index < -0.39 is 5.92 Å². The molecule has 2 aliphatic rings. The molecule has 0 aromatic rings. The number of carbonyl (C=O) groups excluding carboxylic acids is 2. The third-order valence-corrected chi connectivity index (χ3v) is 3.79. The molecule has 0 aliphatic heterocycles. The molecule has 4 atom stereocenters. The van der Waals surface area contributed by atoms with Gasteiger partial charge in [0.25, 0.3) is 0 Å². The molecule has 2 bridgehead atoms. The number of allylic oxidation sites excluding steroid dienone is 2. The van der Waals surface area contributed by atoms with Crippen LogP contribution in [0.5, 0.6) is 0 Å². The number of fused-ring (bicyclic) bond motifs is 2. The molecule has 2 rings (SSSR count). The van der Waals surface area contributed by atoms with Crippen LogP contribution in [0.15, 0.2) is 12.2 Å². The van der Waals surface area contributed by atoms with Gasteiger partial charge < -0.3 is 4.90 Å². The Labute approximate surface area is 101 Å². The van der Waals surface area contributed by atoms with Gasteiger partial charge in [0, 0.05) is 21.1 Å². The van der Waals surface area contributed by atoms with Gasteiger partial charge in [-0.15, -0.1) is 0 Å². The Morgan fingerprint density at radius 2 is 1.53 bits per heavy atom. The zero-order valence-electron chi connectivity index (χ0n) is 10.3. The standard InChI is InChI=1S/C12H18N2O3/c1-13(2)11(15)9-7-4-5-8(6-7)10(9)12(16)14(3)17/h4-5,7-10,17H,6H2,1-3H3/t7?,8?,9-,10+/m1/s1. The normalized spacial score (nSPS) is 33.9. The molecule has 0 aromatic heterocycles. The zero-order chi connectivity index (χ0) is 12.7. The molecule has 0 aromatic carbocycles. The molecule has 5 nitrogen and oxygen atoms in total. The van der Waals surface area contributed by atoms with Gasteiger partial charge >= 0.3 is 0 Å². The summed E-state index contributed by atoms with van der Waals surface area (Å²) in [4.78, 5) is 25.6. The van der Waals surface area contributed by atoms with E-state index in [9.17, 15) is 14.8 Å². The summed E-state index contributed by atoms with van der Waals surface area (Å²) >= 11 is 0. The minimum absolute atomic E-state index is 0.0259. The van der Waals surface area contributed by atoms with Crippen molar-refractivity contribution in [2.45, 2.75) is 6.42 Å². The van der Waals surface area contributed by atoms with E-state index in [1.807, 2.05) is 12.2 Å². The molecular formula is C12H18N2O3. The van der Waals surface area contributed by atoms with E-state index in [1.165, 1.54) is 11.9 Å². The molecule has 1 N–H and O–H groups in total. The number of hydroxylamine groups is 2. The summed E-state index contributed by atoms with van der Waals surface area (Å²) in [6.07, 6.45) is 4.86. The number of hydrogen-bond donors (Lipinski definition) is 1. The van der Waals surface area contributed by atoms with Crippen LogP contribution in [0.25, 0.3) is 0 Å². The molecule has 2 amide bonds. The van der Waals surface area contributed by atoms with Gasteiger partial charge in [-0.05, 0) is 18.3 Å². The van der Waals surface area contributed by atoms with Gasteiger partial charge in [0.1, 0.15) is 0 Å². The van der Waals surface area contributed by atoms with Gasteiger partial charge in [0.05, 0.1) is 11.8 Å². The second-order valence-corrected chi connectivity index (χ2v) is 5.09. The number of amides is 2. The molecule has 5 heteroatoms. The predicted octanol–water partition coefficient (Wildman–Crippen LogP) is 0.360. The quantitative estimate of drug-likeness (QED) is 0.429. The predicted molar refractivity (Wildman–Crippen MR) is 61.0 cm³/mol. The molecule has 0 spiro atoms. The van der Waals surface area contributed by atoms with Crippen LogP contribution in [-0.4, -0.2) is 48.1 Å². The Morgan fingerprint density at radius 1 is 1.06 bits per heavy atom. The van der Waals surface area contributed by atoms with Gasteiger partial charge in [-0.3, -0.25) is 14.8 Å². The van der Waals surface area contributed by atoms with Crippen LogP contribution in [0.1, 0.15) is 6.42 Å². The topological polar surface area (TPSA) is 60.9 Å². The van der Waals surface area contributed by atoms with Crippen molar-refractivity contribution in [2.24, 2.45) is 23.7 Å². The first-order valence-corrected chi connectivity index (χ1v) is 5.79. The van der Waals surface area contributed by atoms with Gasteiger partial charge in [0.15, 0.2) is 0 Å². The van der Waals surface area contributed by atoms with E-state index >= 15 is 0 Å². The van der Waals surface area contributed by atoms with Crippen molar-refractivity contribution in [1.29, 1.82) is 0 Å². The fourth-order valence-electron chi connectivity index (χ4n) is 3.01. The Morgan fingerprint density at radius 3 is 1.94 bits per heavy atom. The lowest BCUT2D eigenvalue weighted by atomic mass is 9.81. The number of rotatable bonds is 2. The van der Waals surface area contributed by atoms with E-state index in [0.717, 1.165) is 6.42 Å². The van der Waals surface area contributed by atoms with Crippen molar-refractivity contribution in [1.82, 2.24) is 9.96 Å². The summed E-state index contributed by atoms with van der Waals surface area (Å²) < 4.78 is 0. The lowest BCUT2D eigenvalue weighted by Crippen LogP contribution is -2.43. The van der Waals surface area contributed by atoms with Crippen LogP contribution in [0.4, 0.5) is 0 Å². The van der Waals surface area contributed by atoms with E-state index in [4.69, 9.17) is 0 Å². The Kier molecular flexibility index (Phi) is 2.95. The summed E-state index contributed by atoms with van der Waals surface area (Å²) in [5.41, 5.74) is 0.